The number of nitrogens with zero attached hydrogens (tertiary/aromatic N) is 1. The summed E-state index contributed by atoms with van der Waals surface area (Å²) in [5.74, 6) is 1.03. The van der Waals surface area contributed by atoms with E-state index in [0.717, 1.165) is 22.5 Å². The number of carbonyl (C=O) groups is 1. The molecule has 16 heavy (non-hydrogen) atoms. The molecule has 0 amide bonds. The summed E-state index contributed by atoms with van der Waals surface area (Å²) >= 11 is 3.38. The molecule has 0 N–H and O–H groups in total. The van der Waals surface area contributed by atoms with Crippen molar-refractivity contribution in [2.24, 2.45) is 5.92 Å². The topological polar surface area (TPSA) is 20.3 Å². The van der Waals surface area contributed by atoms with Gasteiger partial charge in [-0.15, -0.1) is 0 Å². The van der Waals surface area contributed by atoms with Crippen LogP contribution >= 0.6 is 15.9 Å². The summed E-state index contributed by atoms with van der Waals surface area (Å²) in [5.41, 5.74) is 0.789. The molecule has 1 fully saturated rings. The largest absolute Gasteiger partial charge is 0.299 e. The van der Waals surface area contributed by atoms with E-state index in [1.807, 2.05) is 31.3 Å². The van der Waals surface area contributed by atoms with Gasteiger partial charge in [-0.05, 0) is 37.9 Å². The Morgan fingerprint density at radius 3 is 2.88 bits per heavy atom. The molecule has 3 heteroatoms. The number of likely N-dealkylation sites (N-methyl/N-ethyl adjacent to an activating group) is 1. The number of rotatable bonds is 5. The molecule has 0 heterocycles. The molecule has 0 aliphatic heterocycles. The van der Waals surface area contributed by atoms with Gasteiger partial charge < -0.3 is 0 Å². The Hall–Kier alpha value is -0.670. The summed E-state index contributed by atoms with van der Waals surface area (Å²) in [7, 11) is 2.02. The van der Waals surface area contributed by atoms with Crippen molar-refractivity contribution in [1.82, 2.24) is 4.90 Å². The van der Waals surface area contributed by atoms with Crippen LogP contribution < -0.4 is 0 Å². The van der Waals surface area contributed by atoms with Crippen LogP contribution in [-0.4, -0.2) is 30.8 Å². The summed E-state index contributed by atoms with van der Waals surface area (Å²) in [6.07, 6.45) is 2.66. The normalized spacial score (nSPS) is 15.4. The Bertz CT molecular complexity index is 387. The molecule has 86 valence electrons. The van der Waals surface area contributed by atoms with Crippen molar-refractivity contribution in [3.8, 4) is 0 Å². The van der Waals surface area contributed by atoms with Crippen LogP contribution in [-0.2, 0) is 0 Å². The van der Waals surface area contributed by atoms with Gasteiger partial charge in [0, 0.05) is 16.6 Å². The van der Waals surface area contributed by atoms with E-state index in [2.05, 4.69) is 20.8 Å². The summed E-state index contributed by atoms with van der Waals surface area (Å²) in [6, 6.07) is 7.59. The molecule has 2 rings (SSSR count). The van der Waals surface area contributed by atoms with Gasteiger partial charge in [-0.1, -0.05) is 28.1 Å². The van der Waals surface area contributed by atoms with Crippen LogP contribution in [0.4, 0.5) is 0 Å². The van der Waals surface area contributed by atoms with Gasteiger partial charge in [-0.3, -0.25) is 9.69 Å². The smallest absolute Gasteiger partial charge is 0.176 e. The zero-order valence-corrected chi connectivity index (χ0v) is 11.0. The lowest BCUT2D eigenvalue weighted by Gasteiger charge is -2.15. The van der Waals surface area contributed by atoms with Crippen molar-refractivity contribution in [2.75, 3.05) is 20.1 Å². The fraction of sp³-hybridized carbons (Fsp3) is 0.462. The first-order valence-corrected chi connectivity index (χ1v) is 6.42. The maximum atomic E-state index is 11.9. The highest BCUT2D eigenvalue weighted by Crippen LogP contribution is 2.29. The van der Waals surface area contributed by atoms with Crippen LogP contribution in [0, 0.1) is 5.92 Å². The number of halogens is 1. The summed E-state index contributed by atoms with van der Waals surface area (Å²) in [5, 5.41) is 0. The van der Waals surface area contributed by atoms with Crippen molar-refractivity contribution >= 4 is 21.7 Å². The van der Waals surface area contributed by atoms with Gasteiger partial charge in [0.15, 0.2) is 5.78 Å². The third-order valence-electron chi connectivity index (χ3n) is 2.83. The van der Waals surface area contributed by atoms with E-state index in [0.29, 0.717) is 6.54 Å². The molecule has 1 aromatic rings. The Balaban J connectivity index is 1.91. The SMILES string of the molecule is CN(CC(=O)c1cccc(Br)c1)CC1CC1. The van der Waals surface area contributed by atoms with Crippen LogP contribution in [0.3, 0.4) is 0 Å². The predicted octanol–water partition coefficient (Wildman–Crippen LogP) is 2.97. The second-order valence-corrected chi connectivity index (χ2v) is 5.49. The molecule has 1 saturated carbocycles. The molecular formula is C13H16BrNO. The van der Waals surface area contributed by atoms with Gasteiger partial charge >= 0.3 is 0 Å². The van der Waals surface area contributed by atoms with Gasteiger partial charge in [-0.25, -0.2) is 0 Å². The molecule has 0 spiro atoms. The fourth-order valence-corrected chi connectivity index (χ4v) is 2.20. The van der Waals surface area contributed by atoms with E-state index in [4.69, 9.17) is 0 Å². The quantitative estimate of drug-likeness (QED) is 0.774. The average Bonchev–Trinajstić information content (AvgIpc) is 3.01. The monoisotopic (exact) mass is 281 g/mol. The lowest BCUT2D eigenvalue weighted by atomic mass is 10.1. The van der Waals surface area contributed by atoms with E-state index < -0.39 is 0 Å². The number of benzene rings is 1. The van der Waals surface area contributed by atoms with Crippen LogP contribution in [0.15, 0.2) is 28.7 Å². The van der Waals surface area contributed by atoms with Crippen molar-refractivity contribution < 1.29 is 4.79 Å². The molecule has 0 radical (unpaired) electrons. The third kappa shape index (κ3) is 3.42. The highest BCUT2D eigenvalue weighted by atomic mass is 79.9. The molecule has 1 aliphatic rings. The van der Waals surface area contributed by atoms with Gasteiger partial charge in [0.1, 0.15) is 0 Å². The third-order valence-corrected chi connectivity index (χ3v) is 3.32. The van der Waals surface area contributed by atoms with Crippen molar-refractivity contribution in [2.45, 2.75) is 12.8 Å². The molecule has 0 saturated heterocycles. The number of carbonyl (C=O) groups excluding carboxylic acids is 1. The second kappa shape index (κ2) is 5.11. The minimum absolute atomic E-state index is 0.199. The lowest BCUT2D eigenvalue weighted by molar-refractivity contribution is 0.0944. The van der Waals surface area contributed by atoms with E-state index in [1.54, 1.807) is 0 Å². The first-order chi connectivity index (χ1) is 7.65. The number of hydrogen-bond acceptors (Lipinski definition) is 2. The first kappa shape index (κ1) is 11.8. The first-order valence-electron chi connectivity index (χ1n) is 5.62. The van der Waals surface area contributed by atoms with Crippen LogP contribution in [0.25, 0.3) is 0 Å². The number of ketones is 1. The Morgan fingerprint density at radius 2 is 2.25 bits per heavy atom. The average molecular weight is 282 g/mol. The highest BCUT2D eigenvalue weighted by molar-refractivity contribution is 9.10. The predicted molar refractivity (Wildman–Crippen MR) is 68.7 cm³/mol. The lowest BCUT2D eigenvalue weighted by Crippen LogP contribution is -2.27. The minimum atomic E-state index is 0.199. The van der Waals surface area contributed by atoms with Crippen molar-refractivity contribution in [1.29, 1.82) is 0 Å². The molecular weight excluding hydrogens is 266 g/mol. The molecule has 0 atom stereocenters. The Kier molecular flexibility index (Phi) is 3.77. The standard InChI is InChI=1S/C13H16BrNO/c1-15(8-10-5-6-10)9-13(16)11-3-2-4-12(14)7-11/h2-4,7,10H,5-6,8-9H2,1H3. The van der Waals surface area contributed by atoms with Gasteiger partial charge in [0.25, 0.3) is 0 Å². The summed E-state index contributed by atoms with van der Waals surface area (Å²) in [4.78, 5) is 14.1. The molecule has 2 nitrogen and oxygen atoms in total. The number of hydrogen-bond donors (Lipinski definition) is 0. The summed E-state index contributed by atoms with van der Waals surface area (Å²) < 4.78 is 0.961. The second-order valence-electron chi connectivity index (χ2n) is 4.57. The van der Waals surface area contributed by atoms with Crippen LogP contribution in [0.2, 0.25) is 0 Å². The maximum absolute atomic E-state index is 11.9. The Labute approximate surface area is 105 Å². The van der Waals surface area contributed by atoms with E-state index >= 15 is 0 Å². The van der Waals surface area contributed by atoms with Crippen LogP contribution in [0.5, 0.6) is 0 Å². The minimum Gasteiger partial charge on any atom is -0.299 e. The van der Waals surface area contributed by atoms with E-state index in [-0.39, 0.29) is 5.78 Å². The zero-order chi connectivity index (χ0) is 11.5. The fourth-order valence-electron chi connectivity index (χ4n) is 1.80. The molecule has 1 aromatic carbocycles. The van der Waals surface area contributed by atoms with Gasteiger partial charge in [-0.2, -0.15) is 0 Å². The maximum Gasteiger partial charge on any atom is 0.176 e. The highest BCUT2D eigenvalue weighted by Gasteiger charge is 2.23. The van der Waals surface area contributed by atoms with Gasteiger partial charge in [0.2, 0.25) is 0 Å². The van der Waals surface area contributed by atoms with Crippen molar-refractivity contribution in [3.05, 3.63) is 34.3 Å². The molecule has 0 bridgehead atoms. The van der Waals surface area contributed by atoms with E-state index in [1.165, 1.54) is 12.8 Å². The molecule has 0 unspecified atom stereocenters. The Morgan fingerprint density at radius 1 is 1.50 bits per heavy atom. The van der Waals surface area contributed by atoms with E-state index in [9.17, 15) is 4.79 Å². The van der Waals surface area contributed by atoms with Gasteiger partial charge in [0.05, 0.1) is 6.54 Å². The molecule has 1 aliphatic carbocycles. The van der Waals surface area contributed by atoms with Crippen molar-refractivity contribution in [3.63, 3.8) is 0 Å². The zero-order valence-electron chi connectivity index (χ0n) is 9.45. The summed E-state index contributed by atoms with van der Waals surface area (Å²) in [6.45, 7) is 1.58. The van der Waals surface area contributed by atoms with Crippen LogP contribution in [0.1, 0.15) is 23.2 Å². The molecule has 0 aromatic heterocycles. The number of Topliss-reactive ketones (excluding diaryl/α,β-unsaturated/α-hetero) is 1.